The molecule has 0 atom stereocenters. The van der Waals surface area contributed by atoms with Crippen LogP contribution in [0.15, 0.2) is 12.1 Å². The summed E-state index contributed by atoms with van der Waals surface area (Å²) in [5.74, 6) is -0.257. The Labute approximate surface area is 107 Å². The van der Waals surface area contributed by atoms with E-state index in [9.17, 15) is 4.79 Å². The molecule has 0 saturated heterocycles. The fourth-order valence-corrected chi connectivity index (χ4v) is 1.38. The van der Waals surface area contributed by atoms with Gasteiger partial charge in [-0.2, -0.15) is 0 Å². The quantitative estimate of drug-likeness (QED) is 0.755. The van der Waals surface area contributed by atoms with Gasteiger partial charge in [0.25, 0.3) is 0 Å². The molecule has 0 aliphatic carbocycles. The van der Waals surface area contributed by atoms with Crippen LogP contribution in [0.5, 0.6) is 5.75 Å². The normalized spacial score (nSPS) is 10.7. The summed E-state index contributed by atoms with van der Waals surface area (Å²) in [5.41, 5.74) is 0.513. The monoisotopic (exact) mass is 253 g/mol. The first kappa shape index (κ1) is 14.4. The fourth-order valence-electron chi connectivity index (χ4n) is 1.38. The van der Waals surface area contributed by atoms with Crippen LogP contribution in [-0.2, 0) is 11.3 Å². The minimum Gasteiger partial charge on any atom is -0.494 e. The molecule has 18 heavy (non-hydrogen) atoms. The largest absolute Gasteiger partial charge is 0.494 e. The first-order valence-corrected chi connectivity index (χ1v) is 5.89. The third-order valence-electron chi connectivity index (χ3n) is 2.43. The Bertz CT molecular complexity index is 404. The van der Waals surface area contributed by atoms with Crippen molar-refractivity contribution in [2.24, 2.45) is 5.92 Å². The van der Waals surface area contributed by atoms with Gasteiger partial charge in [-0.25, -0.2) is 9.78 Å². The number of nitrogens with zero attached hydrogens (tertiary/aromatic N) is 1. The van der Waals surface area contributed by atoms with Crippen molar-refractivity contribution in [1.29, 1.82) is 0 Å². The third-order valence-corrected chi connectivity index (χ3v) is 2.43. The Kier molecular flexibility index (Phi) is 5.58. The molecular formula is C13H19NO4. The number of methoxy groups -OCH3 is 1. The lowest BCUT2D eigenvalue weighted by molar-refractivity contribution is 0.0684. The van der Waals surface area contributed by atoms with Crippen molar-refractivity contribution in [2.75, 3.05) is 13.7 Å². The van der Waals surface area contributed by atoms with Crippen molar-refractivity contribution in [2.45, 2.75) is 26.9 Å². The summed E-state index contributed by atoms with van der Waals surface area (Å²) >= 11 is 0. The van der Waals surface area contributed by atoms with Crippen LogP contribution in [0.4, 0.5) is 0 Å². The summed E-state index contributed by atoms with van der Waals surface area (Å²) < 4.78 is 10.4. The third kappa shape index (κ3) is 4.33. The zero-order chi connectivity index (χ0) is 13.5. The van der Waals surface area contributed by atoms with E-state index in [2.05, 4.69) is 18.8 Å². The number of hydrogen-bond donors (Lipinski definition) is 1. The predicted molar refractivity (Wildman–Crippen MR) is 66.9 cm³/mol. The highest BCUT2D eigenvalue weighted by molar-refractivity contribution is 5.88. The van der Waals surface area contributed by atoms with Crippen LogP contribution in [0.1, 0.15) is 36.5 Å². The zero-order valence-corrected chi connectivity index (χ0v) is 11.0. The van der Waals surface area contributed by atoms with Gasteiger partial charge in [-0.05, 0) is 24.5 Å². The molecule has 5 nitrogen and oxygen atoms in total. The number of aromatic nitrogens is 1. The number of aromatic carboxylic acids is 1. The second-order valence-corrected chi connectivity index (χ2v) is 4.39. The van der Waals surface area contributed by atoms with Crippen LogP contribution in [0.25, 0.3) is 0 Å². The average molecular weight is 253 g/mol. The topological polar surface area (TPSA) is 68.7 Å². The van der Waals surface area contributed by atoms with Gasteiger partial charge in [0.2, 0.25) is 0 Å². The van der Waals surface area contributed by atoms with E-state index in [-0.39, 0.29) is 11.4 Å². The van der Waals surface area contributed by atoms with E-state index < -0.39 is 5.97 Å². The summed E-state index contributed by atoms with van der Waals surface area (Å²) in [6.45, 7) is 5.21. The number of pyridine rings is 1. The highest BCUT2D eigenvalue weighted by Gasteiger charge is 2.13. The highest BCUT2D eigenvalue weighted by atomic mass is 16.5. The van der Waals surface area contributed by atoms with E-state index >= 15 is 0 Å². The Balaban J connectivity index is 2.62. The molecule has 0 fully saturated rings. The van der Waals surface area contributed by atoms with E-state index in [1.165, 1.54) is 7.11 Å². The maximum Gasteiger partial charge on any atom is 0.358 e. The minimum atomic E-state index is -1.10. The number of hydrogen-bond acceptors (Lipinski definition) is 4. The molecule has 0 saturated carbocycles. The second kappa shape index (κ2) is 6.96. The first-order chi connectivity index (χ1) is 8.54. The zero-order valence-electron chi connectivity index (χ0n) is 11.0. The van der Waals surface area contributed by atoms with E-state index in [1.54, 1.807) is 12.1 Å². The Morgan fingerprint density at radius 3 is 2.72 bits per heavy atom. The summed E-state index contributed by atoms with van der Waals surface area (Å²) in [4.78, 5) is 15.0. The summed E-state index contributed by atoms with van der Waals surface area (Å²) in [6.07, 6.45) is 0.974. The smallest absolute Gasteiger partial charge is 0.358 e. The molecule has 0 aromatic carbocycles. The maximum atomic E-state index is 11.0. The van der Waals surface area contributed by atoms with E-state index in [4.69, 9.17) is 14.6 Å². The summed E-state index contributed by atoms with van der Waals surface area (Å²) in [7, 11) is 1.42. The van der Waals surface area contributed by atoms with E-state index in [0.29, 0.717) is 24.8 Å². The molecule has 1 heterocycles. The number of ether oxygens (including phenoxy) is 2. The molecule has 1 aromatic heterocycles. The van der Waals surface area contributed by atoms with Crippen LogP contribution < -0.4 is 4.74 Å². The molecule has 0 spiro atoms. The van der Waals surface area contributed by atoms with Crippen LogP contribution >= 0.6 is 0 Å². The van der Waals surface area contributed by atoms with Gasteiger partial charge in [-0.1, -0.05) is 13.8 Å². The van der Waals surface area contributed by atoms with Gasteiger partial charge in [-0.15, -0.1) is 0 Å². The summed E-state index contributed by atoms with van der Waals surface area (Å²) in [6, 6.07) is 3.30. The molecule has 100 valence electrons. The lowest BCUT2D eigenvalue weighted by atomic mass is 10.1. The second-order valence-electron chi connectivity index (χ2n) is 4.39. The lowest BCUT2D eigenvalue weighted by Crippen LogP contribution is -2.07. The van der Waals surface area contributed by atoms with Crippen LogP contribution in [0.3, 0.4) is 0 Å². The maximum absolute atomic E-state index is 11.0. The van der Waals surface area contributed by atoms with Gasteiger partial charge >= 0.3 is 5.97 Å². The lowest BCUT2D eigenvalue weighted by Gasteiger charge is -2.08. The summed E-state index contributed by atoms with van der Waals surface area (Å²) in [5, 5.41) is 8.98. The Morgan fingerprint density at radius 1 is 1.44 bits per heavy atom. The predicted octanol–water partition coefficient (Wildman–Crippen LogP) is 2.35. The van der Waals surface area contributed by atoms with Gasteiger partial charge in [0.15, 0.2) is 11.4 Å². The SMILES string of the molecule is COc1ccc(COCCC(C)C)nc1C(=O)O. The van der Waals surface area contributed by atoms with Crippen LogP contribution in [0, 0.1) is 5.92 Å². The molecule has 1 rings (SSSR count). The fraction of sp³-hybridized carbons (Fsp3) is 0.538. The van der Waals surface area contributed by atoms with Gasteiger partial charge in [-0.3, -0.25) is 0 Å². The average Bonchev–Trinajstić information content (AvgIpc) is 2.34. The Hall–Kier alpha value is -1.62. The van der Waals surface area contributed by atoms with Crippen molar-refractivity contribution in [3.8, 4) is 5.75 Å². The van der Waals surface area contributed by atoms with Gasteiger partial charge < -0.3 is 14.6 Å². The molecular weight excluding hydrogens is 234 g/mol. The van der Waals surface area contributed by atoms with Gasteiger partial charge in [0, 0.05) is 6.61 Å². The van der Waals surface area contributed by atoms with E-state index in [0.717, 1.165) is 6.42 Å². The van der Waals surface area contributed by atoms with Crippen molar-refractivity contribution >= 4 is 5.97 Å². The Morgan fingerprint density at radius 2 is 2.17 bits per heavy atom. The molecule has 0 bridgehead atoms. The van der Waals surface area contributed by atoms with Gasteiger partial charge in [0.1, 0.15) is 0 Å². The van der Waals surface area contributed by atoms with E-state index in [1.807, 2.05) is 0 Å². The van der Waals surface area contributed by atoms with Crippen molar-refractivity contribution < 1.29 is 19.4 Å². The minimum absolute atomic E-state index is 0.0811. The van der Waals surface area contributed by atoms with Gasteiger partial charge in [0.05, 0.1) is 19.4 Å². The highest BCUT2D eigenvalue weighted by Crippen LogP contribution is 2.16. The molecule has 1 aromatic rings. The molecule has 0 amide bonds. The molecule has 0 aliphatic heterocycles. The van der Waals surface area contributed by atoms with Crippen molar-refractivity contribution in [1.82, 2.24) is 4.98 Å². The molecule has 0 aliphatic rings. The number of carboxylic acids is 1. The number of rotatable bonds is 7. The molecule has 1 N–H and O–H groups in total. The molecule has 5 heteroatoms. The van der Waals surface area contributed by atoms with Crippen molar-refractivity contribution in [3.05, 3.63) is 23.5 Å². The molecule has 0 unspecified atom stereocenters. The number of carbonyl (C=O) groups is 1. The number of carboxylic acid groups (broad SMARTS) is 1. The van der Waals surface area contributed by atoms with Crippen molar-refractivity contribution in [3.63, 3.8) is 0 Å². The standard InChI is InChI=1S/C13H19NO4/c1-9(2)6-7-18-8-10-4-5-11(17-3)12(14-10)13(15)16/h4-5,9H,6-8H2,1-3H3,(H,15,16). The first-order valence-electron chi connectivity index (χ1n) is 5.89. The van der Waals surface area contributed by atoms with Crippen LogP contribution in [0.2, 0.25) is 0 Å². The van der Waals surface area contributed by atoms with Crippen LogP contribution in [-0.4, -0.2) is 29.8 Å². The molecule has 0 radical (unpaired) electrons.